The van der Waals surface area contributed by atoms with E-state index in [1.165, 1.54) is 6.07 Å². The molecule has 13 heteroatoms. The molecule has 0 bridgehead atoms. The summed E-state index contributed by atoms with van der Waals surface area (Å²) in [6, 6.07) is 5.45. The van der Waals surface area contributed by atoms with Gasteiger partial charge >= 0.3 is 0 Å². The van der Waals surface area contributed by atoms with Crippen LogP contribution in [0.15, 0.2) is 58.1 Å². The predicted octanol–water partition coefficient (Wildman–Crippen LogP) is 3.38. The first kappa shape index (κ1) is 31.0. The second-order valence-electron chi connectivity index (χ2n) is 12.6. The zero-order chi connectivity index (χ0) is 31.9. The highest BCUT2D eigenvalue weighted by Gasteiger charge is 2.34. The van der Waals surface area contributed by atoms with Gasteiger partial charge < -0.3 is 35.1 Å². The number of thioether (sulfide) groups is 1. The highest BCUT2D eigenvalue weighted by molar-refractivity contribution is 8.00. The maximum Gasteiger partial charge on any atom is 0.196 e. The van der Waals surface area contributed by atoms with E-state index in [4.69, 9.17) is 15.5 Å². The van der Waals surface area contributed by atoms with Crippen molar-refractivity contribution in [2.45, 2.75) is 49.0 Å². The summed E-state index contributed by atoms with van der Waals surface area (Å²) >= 11 is 1.69. The molecular formula is C33H42FN9O2S. The smallest absolute Gasteiger partial charge is 0.196 e. The van der Waals surface area contributed by atoms with Crippen LogP contribution in [0.5, 0.6) is 0 Å². The molecule has 0 aromatic carbocycles. The predicted molar refractivity (Wildman–Crippen MR) is 182 cm³/mol. The molecule has 2 fully saturated rings. The number of nitrogen functional groups attached to an aromatic ring is 1. The number of piperidine rings is 1. The fourth-order valence-electron chi connectivity index (χ4n) is 6.94. The Morgan fingerprint density at radius 2 is 2.00 bits per heavy atom. The highest BCUT2D eigenvalue weighted by Crippen LogP contribution is 2.46. The van der Waals surface area contributed by atoms with Crippen molar-refractivity contribution in [3.8, 4) is 0 Å². The Hall–Kier alpha value is -3.65. The molecule has 0 saturated carbocycles. The minimum atomic E-state index is -0.437. The number of halogens is 1. The van der Waals surface area contributed by atoms with Gasteiger partial charge in [0.05, 0.1) is 27.7 Å². The molecule has 4 aliphatic rings. The zero-order valence-electron chi connectivity index (χ0n) is 26.7. The number of piperazine rings is 1. The van der Waals surface area contributed by atoms with Gasteiger partial charge in [-0.15, -0.1) is 0 Å². The number of nitrogens with zero attached hydrogens (tertiary/aromatic N) is 7. The van der Waals surface area contributed by atoms with E-state index in [9.17, 15) is 4.79 Å². The summed E-state index contributed by atoms with van der Waals surface area (Å²) < 4.78 is 23.4. The van der Waals surface area contributed by atoms with Crippen LogP contribution in [0.1, 0.15) is 30.7 Å². The molecule has 3 atom stereocenters. The molecule has 2 saturated heterocycles. The Morgan fingerprint density at radius 1 is 1.17 bits per heavy atom. The van der Waals surface area contributed by atoms with Crippen LogP contribution in [-0.4, -0.2) is 96.6 Å². The van der Waals surface area contributed by atoms with E-state index in [2.05, 4.69) is 55.7 Å². The summed E-state index contributed by atoms with van der Waals surface area (Å²) in [7, 11) is 3.75. The van der Waals surface area contributed by atoms with Gasteiger partial charge in [-0.3, -0.25) is 9.69 Å². The standard InChI is InChI=1S/C33H42FN9O2S/c1-21-43-31-25(16-27(34)32(38-31)40-13-11-39(2)12-14-40)30(44)26(33(43)46-21)20-42(18-22-8-9-36-29(15-22)45-3)24-5-4-10-41(19-24)23-6-7-28(35)37-17-23/h6-9,15-17,21,24,29,36H,4-5,10-14,18-20H2,1-3H3,(H2,35,37). The van der Waals surface area contributed by atoms with Crippen LogP contribution in [0, 0.1) is 5.82 Å². The van der Waals surface area contributed by atoms with Crippen molar-refractivity contribution in [3.63, 3.8) is 0 Å². The third-order valence-corrected chi connectivity index (χ3v) is 10.8. The first-order valence-corrected chi connectivity index (χ1v) is 16.9. The Kier molecular flexibility index (Phi) is 8.66. The number of fused-ring (bicyclic) bond motifs is 3. The number of nitrogens with two attached hydrogens (primary N) is 1. The second kappa shape index (κ2) is 12.9. The lowest BCUT2D eigenvalue weighted by atomic mass is 10.0. The van der Waals surface area contributed by atoms with E-state index in [0.717, 1.165) is 55.3 Å². The summed E-state index contributed by atoms with van der Waals surface area (Å²) in [5.74, 6) is 0.400. The normalized spacial score (nSPS) is 23.3. The third-order valence-electron chi connectivity index (χ3n) is 9.58. The molecule has 0 radical (unpaired) electrons. The Morgan fingerprint density at radius 3 is 2.74 bits per heavy atom. The molecule has 46 heavy (non-hydrogen) atoms. The average Bonchev–Trinajstić information content (AvgIpc) is 3.06. The van der Waals surface area contributed by atoms with Gasteiger partial charge in [-0.1, -0.05) is 11.8 Å². The summed E-state index contributed by atoms with van der Waals surface area (Å²) in [6.45, 7) is 8.01. The SMILES string of the molecule is COC1C=C(CN(Cc2c3n(c4nc(N5CCN(C)CC5)c(F)cc4c2=O)C(C)S3)C2CCCN(c3ccc(N)nc3)C2)C=CN1. The monoisotopic (exact) mass is 647 g/mol. The number of rotatable bonds is 8. The highest BCUT2D eigenvalue weighted by atomic mass is 32.2. The number of hydrogen-bond donors (Lipinski definition) is 2. The second-order valence-corrected chi connectivity index (χ2v) is 13.9. The lowest BCUT2D eigenvalue weighted by molar-refractivity contribution is 0.121. The fraction of sp³-hybridized carbons (Fsp3) is 0.485. The summed E-state index contributed by atoms with van der Waals surface area (Å²) in [6.07, 6.45) is 9.68. The average molecular weight is 648 g/mol. The minimum Gasteiger partial charge on any atom is -0.384 e. The molecule has 7 heterocycles. The number of nitrogens with one attached hydrogen (secondary N) is 1. The third kappa shape index (κ3) is 5.96. The molecule has 3 unspecified atom stereocenters. The molecule has 4 aliphatic heterocycles. The van der Waals surface area contributed by atoms with Crippen LogP contribution in [0.3, 0.4) is 0 Å². The van der Waals surface area contributed by atoms with E-state index in [-0.39, 0.29) is 23.1 Å². The van der Waals surface area contributed by atoms with Crippen LogP contribution in [-0.2, 0) is 11.3 Å². The van der Waals surface area contributed by atoms with Crippen molar-refractivity contribution in [2.24, 2.45) is 0 Å². The van der Waals surface area contributed by atoms with Gasteiger partial charge in [-0.25, -0.2) is 14.4 Å². The Balaban J connectivity index is 1.25. The maximum absolute atomic E-state index is 15.7. The molecule has 11 nitrogen and oxygen atoms in total. The van der Waals surface area contributed by atoms with Gasteiger partial charge in [0.15, 0.2) is 17.1 Å². The van der Waals surface area contributed by atoms with E-state index >= 15 is 4.39 Å². The number of likely N-dealkylation sites (N-methyl/N-ethyl adjacent to an activating group) is 1. The van der Waals surface area contributed by atoms with Crippen molar-refractivity contribution in [3.05, 3.63) is 69.9 Å². The van der Waals surface area contributed by atoms with Gasteiger partial charge in [0, 0.05) is 71.1 Å². The summed E-state index contributed by atoms with van der Waals surface area (Å²) in [5.41, 5.74) is 9.16. The van der Waals surface area contributed by atoms with E-state index in [1.807, 2.05) is 29.4 Å². The Labute approximate surface area is 272 Å². The number of hydrogen-bond acceptors (Lipinski definition) is 11. The lowest BCUT2D eigenvalue weighted by Gasteiger charge is -2.41. The van der Waals surface area contributed by atoms with E-state index in [0.29, 0.717) is 54.4 Å². The van der Waals surface area contributed by atoms with E-state index < -0.39 is 5.82 Å². The van der Waals surface area contributed by atoms with Crippen molar-refractivity contribution >= 4 is 40.1 Å². The molecule has 0 amide bonds. The minimum absolute atomic E-state index is 0.101. The zero-order valence-corrected chi connectivity index (χ0v) is 27.5. The molecule has 244 valence electrons. The first-order chi connectivity index (χ1) is 22.3. The van der Waals surface area contributed by atoms with Crippen molar-refractivity contribution in [1.29, 1.82) is 0 Å². The first-order valence-electron chi connectivity index (χ1n) is 16.0. The topological polar surface area (TPSA) is 108 Å². The fourth-order valence-corrected chi connectivity index (χ4v) is 8.08. The molecule has 3 aromatic heterocycles. The number of anilines is 3. The van der Waals surface area contributed by atoms with Crippen LogP contribution >= 0.6 is 11.8 Å². The van der Waals surface area contributed by atoms with E-state index in [1.54, 1.807) is 18.9 Å². The quantitative estimate of drug-likeness (QED) is 0.376. The van der Waals surface area contributed by atoms with Gasteiger partial charge in [0.2, 0.25) is 0 Å². The number of methoxy groups -OCH3 is 1. The molecule has 0 aliphatic carbocycles. The summed E-state index contributed by atoms with van der Waals surface area (Å²) in [5, 5.41) is 4.58. The molecule has 0 spiro atoms. The van der Waals surface area contributed by atoms with Gasteiger partial charge in [0.1, 0.15) is 17.7 Å². The summed E-state index contributed by atoms with van der Waals surface area (Å²) in [4.78, 5) is 32.4. The van der Waals surface area contributed by atoms with Crippen LogP contribution in [0.25, 0.3) is 11.0 Å². The largest absolute Gasteiger partial charge is 0.384 e. The van der Waals surface area contributed by atoms with Crippen molar-refractivity contribution < 1.29 is 9.13 Å². The van der Waals surface area contributed by atoms with Gasteiger partial charge in [-0.05, 0) is 68.9 Å². The van der Waals surface area contributed by atoms with Crippen molar-refractivity contribution in [1.82, 2.24) is 29.7 Å². The molecular weight excluding hydrogens is 605 g/mol. The van der Waals surface area contributed by atoms with Crippen LogP contribution in [0.4, 0.5) is 21.7 Å². The van der Waals surface area contributed by atoms with Crippen LogP contribution in [0.2, 0.25) is 0 Å². The number of ether oxygens (including phenoxy) is 1. The Bertz CT molecular complexity index is 1720. The number of dihydropyridines is 1. The number of pyridine rings is 3. The van der Waals surface area contributed by atoms with Gasteiger partial charge in [-0.2, -0.15) is 0 Å². The van der Waals surface area contributed by atoms with Crippen LogP contribution < -0.4 is 26.3 Å². The molecule has 3 aromatic rings. The molecule has 3 N–H and O–H groups in total. The maximum atomic E-state index is 15.7. The molecule has 7 rings (SSSR count). The van der Waals surface area contributed by atoms with Crippen molar-refractivity contribution in [2.75, 3.05) is 75.5 Å². The lowest BCUT2D eigenvalue weighted by Crippen LogP contribution is -2.49. The number of aromatic nitrogens is 3. The van der Waals surface area contributed by atoms with Gasteiger partial charge in [0.25, 0.3) is 0 Å².